The van der Waals surface area contributed by atoms with Crippen molar-refractivity contribution >= 4 is 15.7 Å². The van der Waals surface area contributed by atoms with Gasteiger partial charge in [0.2, 0.25) is 10.0 Å². The van der Waals surface area contributed by atoms with E-state index in [0.29, 0.717) is 6.54 Å². The molecule has 0 bridgehead atoms. The van der Waals surface area contributed by atoms with Crippen LogP contribution in [-0.4, -0.2) is 24.7 Å². The van der Waals surface area contributed by atoms with E-state index in [2.05, 4.69) is 23.2 Å². The van der Waals surface area contributed by atoms with Crippen molar-refractivity contribution in [1.29, 1.82) is 0 Å². The summed E-state index contributed by atoms with van der Waals surface area (Å²) in [5, 5.41) is 10.2. The summed E-state index contributed by atoms with van der Waals surface area (Å²) in [6, 6.07) is 25.3. The second kappa shape index (κ2) is 7.68. The van der Waals surface area contributed by atoms with Gasteiger partial charge in [-0.15, -0.1) is 0 Å². The Kier molecular flexibility index (Phi) is 4.84. The molecule has 1 aliphatic rings. The fourth-order valence-corrected chi connectivity index (χ4v) is 4.63. The Bertz CT molecular complexity index is 1330. The van der Waals surface area contributed by atoms with Gasteiger partial charge in [0.15, 0.2) is 0 Å². The number of fused-ring (bicyclic) bond motifs is 1. The molecule has 0 atom stereocenters. The number of para-hydroxylation sites is 1. The molecule has 5 rings (SSSR count). The fraction of sp³-hybridized carbons (Fsp3) is 0.125. The molecule has 156 valence electrons. The van der Waals surface area contributed by atoms with Crippen LogP contribution in [0.4, 0.5) is 5.69 Å². The number of hydrogen-bond acceptors (Lipinski definition) is 4. The van der Waals surface area contributed by atoms with E-state index in [-0.39, 0.29) is 4.90 Å². The number of sulfonamides is 1. The van der Waals surface area contributed by atoms with Crippen molar-refractivity contribution in [2.45, 2.75) is 17.9 Å². The summed E-state index contributed by atoms with van der Waals surface area (Å²) in [7, 11) is -3.70. The third kappa shape index (κ3) is 3.85. The van der Waals surface area contributed by atoms with Crippen LogP contribution in [0.3, 0.4) is 0 Å². The fourth-order valence-electron chi connectivity index (χ4n) is 4.07. The molecule has 0 aliphatic carbocycles. The third-order valence-electron chi connectivity index (χ3n) is 5.59. The predicted molar refractivity (Wildman–Crippen MR) is 122 cm³/mol. The second-order valence-electron chi connectivity index (χ2n) is 7.66. The number of primary sulfonamides is 1. The molecule has 2 N–H and O–H groups in total. The minimum absolute atomic E-state index is 0.162. The van der Waals surface area contributed by atoms with Gasteiger partial charge >= 0.3 is 0 Å². The number of aromatic nitrogens is 2. The zero-order valence-corrected chi connectivity index (χ0v) is 17.7. The zero-order valence-electron chi connectivity index (χ0n) is 16.8. The molecule has 3 aromatic carbocycles. The lowest BCUT2D eigenvalue weighted by atomic mass is 10.1. The van der Waals surface area contributed by atoms with Gasteiger partial charge in [-0.2, -0.15) is 5.10 Å². The Morgan fingerprint density at radius 2 is 1.65 bits per heavy atom. The number of hydrogen-bond donors (Lipinski definition) is 1. The van der Waals surface area contributed by atoms with Crippen LogP contribution in [0, 0.1) is 0 Å². The summed E-state index contributed by atoms with van der Waals surface area (Å²) < 4.78 is 25.3. The summed E-state index contributed by atoms with van der Waals surface area (Å²) in [6.07, 6.45) is 2.86. The van der Waals surface area contributed by atoms with Gasteiger partial charge in [-0.25, -0.2) is 18.2 Å². The lowest BCUT2D eigenvalue weighted by Crippen LogP contribution is -2.20. The van der Waals surface area contributed by atoms with Crippen LogP contribution in [0.1, 0.15) is 11.1 Å². The molecule has 0 saturated heterocycles. The second-order valence-corrected chi connectivity index (χ2v) is 9.22. The molecule has 1 aromatic heterocycles. The SMILES string of the molecule is NS(=O)(=O)c1ccc2c(c1)CCN2Cc1cn(-c2ccccc2)nc1-c1ccccc1. The molecule has 0 radical (unpaired) electrons. The van der Waals surface area contributed by atoms with E-state index < -0.39 is 10.0 Å². The smallest absolute Gasteiger partial charge is 0.238 e. The van der Waals surface area contributed by atoms with Crippen LogP contribution in [-0.2, 0) is 23.0 Å². The molecule has 1 aliphatic heterocycles. The first-order chi connectivity index (χ1) is 15.0. The van der Waals surface area contributed by atoms with Gasteiger partial charge in [0.05, 0.1) is 16.3 Å². The highest BCUT2D eigenvalue weighted by Gasteiger charge is 2.23. The molecule has 0 saturated carbocycles. The highest BCUT2D eigenvalue weighted by Crippen LogP contribution is 2.33. The monoisotopic (exact) mass is 430 g/mol. The van der Waals surface area contributed by atoms with Gasteiger partial charge in [-0.3, -0.25) is 0 Å². The number of nitrogens with two attached hydrogens (primary N) is 1. The molecular weight excluding hydrogens is 408 g/mol. The minimum Gasteiger partial charge on any atom is -0.367 e. The van der Waals surface area contributed by atoms with E-state index in [0.717, 1.165) is 46.7 Å². The van der Waals surface area contributed by atoms with Crippen LogP contribution >= 0.6 is 0 Å². The first-order valence-electron chi connectivity index (χ1n) is 10.1. The van der Waals surface area contributed by atoms with E-state index in [4.69, 9.17) is 10.2 Å². The Hall–Kier alpha value is -3.42. The molecule has 4 aromatic rings. The lowest BCUT2D eigenvalue weighted by molar-refractivity contribution is 0.597. The molecule has 6 nitrogen and oxygen atoms in total. The van der Waals surface area contributed by atoms with Crippen LogP contribution in [0.15, 0.2) is 90.0 Å². The molecular formula is C24H22N4O2S. The predicted octanol–water partition coefficient (Wildman–Crippen LogP) is 3.75. The minimum atomic E-state index is -3.70. The highest BCUT2D eigenvalue weighted by atomic mass is 32.2. The summed E-state index contributed by atoms with van der Waals surface area (Å²) in [4.78, 5) is 2.43. The zero-order chi connectivity index (χ0) is 21.4. The van der Waals surface area contributed by atoms with E-state index in [1.165, 1.54) is 0 Å². The number of rotatable bonds is 5. The maximum absolute atomic E-state index is 11.7. The van der Waals surface area contributed by atoms with Crippen molar-refractivity contribution in [2.75, 3.05) is 11.4 Å². The Morgan fingerprint density at radius 1 is 0.935 bits per heavy atom. The van der Waals surface area contributed by atoms with E-state index in [1.54, 1.807) is 12.1 Å². The molecule has 0 amide bonds. The van der Waals surface area contributed by atoms with E-state index >= 15 is 0 Å². The van der Waals surface area contributed by atoms with Crippen LogP contribution in [0.2, 0.25) is 0 Å². The van der Waals surface area contributed by atoms with Crippen LogP contribution in [0.25, 0.3) is 16.9 Å². The number of anilines is 1. The van der Waals surface area contributed by atoms with Crippen molar-refractivity contribution in [3.63, 3.8) is 0 Å². The third-order valence-corrected chi connectivity index (χ3v) is 6.50. The average Bonchev–Trinajstić information content (AvgIpc) is 3.39. The van der Waals surface area contributed by atoms with Crippen molar-refractivity contribution in [1.82, 2.24) is 9.78 Å². The molecule has 0 fully saturated rings. The maximum Gasteiger partial charge on any atom is 0.238 e. The van der Waals surface area contributed by atoms with E-state index in [1.807, 2.05) is 59.3 Å². The number of nitrogens with zero attached hydrogens (tertiary/aromatic N) is 3. The largest absolute Gasteiger partial charge is 0.367 e. The standard InChI is InChI=1S/C24H22N4O2S/c25-31(29,30)22-11-12-23-19(15-22)13-14-27(23)16-20-17-28(21-9-5-2-6-10-21)26-24(20)18-7-3-1-4-8-18/h1-12,15,17H,13-14,16H2,(H2,25,29,30). The Balaban J connectivity index is 1.52. The summed E-state index contributed by atoms with van der Waals surface area (Å²) in [6.45, 7) is 1.49. The topological polar surface area (TPSA) is 81.2 Å². The average molecular weight is 431 g/mol. The van der Waals surface area contributed by atoms with Gasteiger partial charge in [-0.1, -0.05) is 48.5 Å². The summed E-state index contributed by atoms with van der Waals surface area (Å²) in [5.41, 5.74) is 6.17. The van der Waals surface area contributed by atoms with Gasteiger partial charge < -0.3 is 4.90 Å². The quantitative estimate of drug-likeness (QED) is 0.523. The van der Waals surface area contributed by atoms with Crippen molar-refractivity contribution in [3.05, 3.63) is 96.2 Å². The van der Waals surface area contributed by atoms with Crippen LogP contribution in [0.5, 0.6) is 0 Å². The van der Waals surface area contributed by atoms with Crippen molar-refractivity contribution in [3.8, 4) is 16.9 Å². The maximum atomic E-state index is 11.7. The summed E-state index contributed by atoms with van der Waals surface area (Å²) >= 11 is 0. The normalized spacial score (nSPS) is 13.4. The Labute approximate surface area is 181 Å². The first kappa shape index (κ1) is 19.5. The van der Waals surface area contributed by atoms with Gasteiger partial charge in [0.1, 0.15) is 0 Å². The van der Waals surface area contributed by atoms with E-state index in [9.17, 15) is 8.42 Å². The molecule has 2 heterocycles. The highest BCUT2D eigenvalue weighted by molar-refractivity contribution is 7.89. The number of benzene rings is 3. The Morgan fingerprint density at radius 3 is 2.35 bits per heavy atom. The molecule has 31 heavy (non-hydrogen) atoms. The molecule has 0 spiro atoms. The lowest BCUT2D eigenvalue weighted by Gasteiger charge is -2.19. The summed E-state index contributed by atoms with van der Waals surface area (Å²) in [5.74, 6) is 0. The first-order valence-corrected chi connectivity index (χ1v) is 11.6. The molecule has 7 heteroatoms. The van der Waals surface area contributed by atoms with Gasteiger partial charge in [0, 0.05) is 36.1 Å². The molecule has 0 unspecified atom stereocenters. The van der Waals surface area contributed by atoms with Crippen LogP contribution < -0.4 is 10.0 Å². The van der Waals surface area contributed by atoms with Crippen molar-refractivity contribution in [2.24, 2.45) is 5.14 Å². The van der Waals surface area contributed by atoms with Gasteiger partial charge in [0.25, 0.3) is 0 Å². The van der Waals surface area contributed by atoms with Crippen molar-refractivity contribution < 1.29 is 8.42 Å². The van der Waals surface area contributed by atoms with Gasteiger partial charge in [-0.05, 0) is 42.3 Å².